The fourth-order valence-corrected chi connectivity index (χ4v) is 3.54. The Balaban J connectivity index is 2.09. The SMILES string of the molecule is CCNC(c1cc2ccc(F)cc2s1)c1ccncc1F. The number of pyridine rings is 1. The lowest BCUT2D eigenvalue weighted by Gasteiger charge is -2.17. The molecule has 3 rings (SSSR count). The van der Waals surface area contributed by atoms with Gasteiger partial charge in [0.15, 0.2) is 0 Å². The lowest BCUT2D eigenvalue weighted by atomic mass is 10.1. The van der Waals surface area contributed by atoms with Crippen LogP contribution >= 0.6 is 11.3 Å². The van der Waals surface area contributed by atoms with Crippen molar-refractivity contribution in [1.82, 2.24) is 10.3 Å². The summed E-state index contributed by atoms with van der Waals surface area (Å²) in [6, 6.07) is 8.10. The van der Waals surface area contributed by atoms with Gasteiger partial charge in [0, 0.05) is 21.3 Å². The summed E-state index contributed by atoms with van der Waals surface area (Å²) >= 11 is 1.47. The number of nitrogens with zero attached hydrogens (tertiary/aromatic N) is 1. The van der Waals surface area contributed by atoms with E-state index in [9.17, 15) is 8.78 Å². The van der Waals surface area contributed by atoms with Crippen LogP contribution in [0.25, 0.3) is 10.1 Å². The first-order chi connectivity index (χ1) is 10.2. The Hall–Kier alpha value is -1.85. The maximum absolute atomic E-state index is 14.0. The number of halogens is 2. The molecule has 0 fully saturated rings. The van der Waals surface area contributed by atoms with Gasteiger partial charge in [-0.2, -0.15) is 0 Å². The second-order valence-corrected chi connectivity index (χ2v) is 5.83. The number of fused-ring (bicyclic) bond motifs is 1. The summed E-state index contributed by atoms with van der Waals surface area (Å²) in [7, 11) is 0. The molecule has 0 radical (unpaired) electrons. The van der Waals surface area contributed by atoms with E-state index in [0.29, 0.717) is 12.1 Å². The molecule has 108 valence electrons. The lowest BCUT2D eigenvalue weighted by Crippen LogP contribution is -2.22. The topological polar surface area (TPSA) is 24.9 Å². The van der Waals surface area contributed by atoms with Crippen LogP contribution in [0.2, 0.25) is 0 Å². The minimum Gasteiger partial charge on any atom is -0.306 e. The second kappa shape index (κ2) is 5.87. The quantitative estimate of drug-likeness (QED) is 0.778. The number of aromatic nitrogens is 1. The Morgan fingerprint density at radius 3 is 2.86 bits per heavy atom. The van der Waals surface area contributed by atoms with Crippen LogP contribution < -0.4 is 5.32 Å². The van der Waals surface area contributed by atoms with E-state index in [1.165, 1.54) is 29.7 Å². The van der Waals surface area contributed by atoms with Gasteiger partial charge in [0.1, 0.15) is 11.6 Å². The second-order valence-electron chi connectivity index (χ2n) is 4.72. The molecule has 2 nitrogen and oxygen atoms in total. The van der Waals surface area contributed by atoms with Gasteiger partial charge in [0.2, 0.25) is 0 Å². The molecule has 0 saturated carbocycles. The molecule has 0 amide bonds. The van der Waals surface area contributed by atoms with Crippen LogP contribution in [-0.2, 0) is 0 Å². The molecule has 1 aromatic carbocycles. The number of benzene rings is 1. The fourth-order valence-electron chi connectivity index (χ4n) is 2.36. The van der Waals surface area contributed by atoms with Crippen molar-refractivity contribution in [2.75, 3.05) is 6.54 Å². The summed E-state index contributed by atoms with van der Waals surface area (Å²) in [5.74, 6) is -0.599. The molecule has 0 bridgehead atoms. The molecule has 2 aromatic heterocycles. The maximum atomic E-state index is 14.0. The van der Waals surface area contributed by atoms with Crippen molar-refractivity contribution in [3.63, 3.8) is 0 Å². The molecular weight excluding hydrogens is 290 g/mol. The van der Waals surface area contributed by atoms with Crippen molar-refractivity contribution in [2.24, 2.45) is 0 Å². The van der Waals surface area contributed by atoms with Gasteiger partial charge in [-0.15, -0.1) is 11.3 Å². The van der Waals surface area contributed by atoms with E-state index >= 15 is 0 Å². The van der Waals surface area contributed by atoms with Crippen LogP contribution in [0.15, 0.2) is 42.7 Å². The van der Waals surface area contributed by atoms with Crippen LogP contribution in [0, 0.1) is 11.6 Å². The molecule has 0 spiro atoms. The van der Waals surface area contributed by atoms with Crippen molar-refractivity contribution in [3.8, 4) is 0 Å². The van der Waals surface area contributed by atoms with Crippen LogP contribution in [0.3, 0.4) is 0 Å². The van der Waals surface area contributed by atoms with Crippen molar-refractivity contribution in [3.05, 3.63) is 64.8 Å². The first kappa shape index (κ1) is 14.1. The Bertz CT molecular complexity index is 770. The van der Waals surface area contributed by atoms with Gasteiger partial charge >= 0.3 is 0 Å². The van der Waals surface area contributed by atoms with E-state index < -0.39 is 0 Å². The molecule has 1 N–H and O–H groups in total. The predicted octanol–water partition coefficient (Wildman–Crippen LogP) is 4.27. The summed E-state index contributed by atoms with van der Waals surface area (Å²) in [5, 5.41) is 4.25. The Morgan fingerprint density at radius 1 is 1.24 bits per heavy atom. The third-order valence-corrected chi connectivity index (χ3v) is 4.47. The molecule has 21 heavy (non-hydrogen) atoms. The molecule has 0 saturated heterocycles. The maximum Gasteiger partial charge on any atom is 0.146 e. The molecule has 0 aliphatic heterocycles. The minimum atomic E-state index is -0.341. The summed E-state index contributed by atoms with van der Waals surface area (Å²) in [6.45, 7) is 2.67. The minimum absolute atomic E-state index is 0.251. The van der Waals surface area contributed by atoms with E-state index in [1.807, 2.05) is 13.0 Å². The van der Waals surface area contributed by atoms with Gasteiger partial charge in [-0.3, -0.25) is 4.98 Å². The van der Waals surface area contributed by atoms with Gasteiger partial charge < -0.3 is 5.32 Å². The van der Waals surface area contributed by atoms with Crippen molar-refractivity contribution >= 4 is 21.4 Å². The molecule has 2 heterocycles. The lowest BCUT2D eigenvalue weighted by molar-refractivity contribution is 0.558. The largest absolute Gasteiger partial charge is 0.306 e. The Labute approximate surface area is 125 Å². The zero-order valence-corrected chi connectivity index (χ0v) is 12.3. The van der Waals surface area contributed by atoms with E-state index in [2.05, 4.69) is 10.3 Å². The van der Waals surface area contributed by atoms with Crippen LogP contribution in [-0.4, -0.2) is 11.5 Å². The smallest absolute Gasteiger partial charge is 0.146 e. The number of hydrogen-bond donors (Lipinski definition) is 1. The molecular formula is C16H14F2N2S. The van der Waals surface area contributed by atoms with Gasteiger partial charge in [-0.25, -0.2) is 8.78 Å². The number of rotatable bonds is 4. The highest BCUT2D eigenvalue weighted by molar-refractivity contribution is 7.19. The first-order valence-corrected chi connectivity index (χ1v) is 7.52. The number of nitrogens with one attached hydrogen (secondary N) is 1. The monoisotopic (exact) mass is 304 g/mol. The van der Waals surface area contributed by atoms with E-state index in [0.717, 1.165) is 15.0 Å². The predicted molar refractivity (Wildman–Crippen MR) is 81.5 cm³/mol. The average molecular weight is 304 g/mol. The molecule has 3 aromatic rings. The van der Waals surface area contributed by atoms with Crippen LogP contribution in [0.4, 0.5) is 8.78 Å². The Kier molecular flexibility index (Phi) is 3.94. The third kappa shape index (κ3) is 2.80. The number of hydrogen-bond acceptors (Lipinski definition) is 3. The molecule has 1 unspecified atom stereocenters. The highest BCUT2D eigenvalue weighted by Gasteiger charge is 2.19. The molecule has 0 aliphatic rings. The molecule has 0 aliphatic carbocycles. The average Bonchev–Trinajstić information content (AvgIpc) is 2.88. The van der Waals surface area contributed by atoms with E-state index in [1.54, 1.807) is 18.3 Å². The summed E-state index contributed by atoms with van der Waals surface area (Å²) < 4.78 is 28.2. The van der Waals surface area contributed by atoms with Crippen LogP contribution in [0.5, 0.6) is 0 Å². The Morgan fingerprint density at radius 2 is 2.10 bits per heavy atom. The standard InChI is InChI=1S/C16H14F2N2S/c1-2-20-16(12-5-6-19-9-13(12)18)15-7-10-3-4-11(17)8-14(10)21-15/h3-9,16,20H,2H2,1H3. The van der Waals surface area contributed by atoms with Crippen molar-refractivity contribution in [1.29, 1.82) is 0 Å². The van der Waals surface area contributed by atoms with Crippen molar-refractivity contribution < 1.29 is 8.78 Å². The van der Waals surface area contributed by atoms with Gasteiger partial charge in [-0.05, 0) is 36.2 Å². The zero-order chi connectivity index (χ0) is 14.8. The van der Waals surface area contributed by atoms with Gasteiger partial charge in [0.25, 0.3) is 0 Å². The molecule has 5 heteroatoms. The first-order valence-electron chi connectivity index (χ1n) is 6.71. The van der Waals surface area contributed by atoms with Crippen LogP contribution in [0.1, 0.15) is 23.4 Å². The van der Waals surface area contributed by atoms with E-state index in [4.69, 9.17) is 0 Å². The normalized spacial score (nSPS) is 12.7. The molecule has 1 atom stereocenters. The highest BCUT2D eigenvalue weighted by atomic mass is 32.1. The van der Waals surface area contributed by atoms with E-state index in [-0.39, 0.29) is 17.7 Å². The van der Waals surface area contributed by atoms with Gasteiger partial charge in [0.05, 0.1) is 12.2 Å². The van der Waals surface area contributed by atoms with Crippen molar-refractivity contribution in [2.45, 2.75) is 13.0 Å². The van der Waals surface area contributed by atoms with Gasteiger partial charge in [-0.1, -0.05) is 13.0 Å². The fraction of sp³-hybridized carbons (Fsp3) is 0.188. The highest BCUT2D eigenvalue weighted by Crippen LogP contribution is 2.34. The summed E-state index contributed by atoms with van der Waals surface area (Å²) in [6.07, 6.45) is 2.79. The summed E-state index contributed by atoms with van der Waals surface area (Å²) in [4.78, 5) is 4.75. The summed E-state index contributed by atoms with van der Waals surface area (Å²) in [5.41, 5.74) is 0.555. The third-order valence-electron chi connectivity index (χ3n) is 3.31. The zero-order valence-electron chi connectivity index (χ0n) is 11.4. The number of thiophene rings is 1.